The third kappa shape index (κ3) is 5.17. The van der Waals surface area contributed by atoms with E-state index in [-0.39, 0.29) is 11.9 Å². The predicted octanol–water partition coefficient (Wildman–Crippen LogP) is 4.77. The predicted molar refractivity (Wildman–Crippen MR) is 113 cm³/mol. The van der Waals surface area contributed by atoms with Gasteiger partial charge in [0.05, 0.1) is 0 Å². The Bertz CT molecular complexity index is 935. The second kappa shape index (κ2) is 8.99. The number of hydrogen-bond donors (Lipinski definition) is 2. The number of nitrogens with one attached hydrogen (secondary N) is 2. The van der Waals surface area contributed by atoms with Crippen LogP contribution in [0.15, 0.2) is 77.9 Å². The lowest BCUT2D eigenvalue weighted by Gasteiger charge is -2.14. The van der Waals surface area contributed by atoms with E-state index in [0.29, 0.717) is 0 Å². The molecule has 1 atom stereocenters. The van der Waals surface area contributed by atoms with Crippen LogP contribution in [-0.2, 0) is 11.2 Å². The Hall–Kier alpha value is -3.14. The third-order valence-electron chi connectivity index (χ3n) is 4.51. The molecule has 0 saturated heterocycles. The molecule has 0 aromatic heterocycles. The maximum atomic E-state index is 12.4. The van der Waals surface area contributed by atoms with Crippen molar-refractivity contribution in [3.8, 4) is 0 Å². The van der Waals surface area contributed by atoms with Crippen LogP contribution in [0.2, 0.25) is 0 Å². The highest BCUT2D eigenvalue weighted by Gasteiger charge is 2.12. The van der Waals surface area contributed by atoms with Crippen LogP contribution in [0.4, 0.5) is 5.69 Å². The first-order valence-corrected chi connectivity index (χ1v) is 9.30. The van der Waals surface area contributed by atoms with E-state index in [9.17, 15) is 4.79 Å². The summed E-state index contributed by atoms with van der Waals surface area (Å²) >= 11 is 0. The Morgan fingerprint density at radius 3 is 2.41 bits per heavy atom. The maximum Gasteiger partial charge on any atom is 0.262 e. The van der Waals surface area contributed by atoms with E-state index in [1.54, 1.807) is 0 Å². The number of fused-ring (bicyclic) bond motifs is 1. The van der Waals surface area contributed by atoms with Gasteiger partial charge in [0.2, 0.25) is 0 Å². The molecule has 3 rings (SSSR count). The lowest BCUT2D eigenvalue weighted by Crippen LogP contribution is -2.35. The van der Waals surface area contributed by atoms with Gasteiger partial charge in [0.15, 0.2) is 0 Å². The average molecular weight is 359 g/mol. The molecule has 27 heavy (non-hydrogen) atoms. The summed E-state index contributed by atoms with van der Waals surface area (Å²) in [5.41, 5.74) is 5.76. The summed E-state index contributed by atoms with van der Waals surface area (Å²) in [7, 11) is 0. The molecule has 0 aliphatic heterocycles. The zero-order chi connectivity index (χ0) is 19.1. The van der Waals surface area contributed by atoms with Crippen LogP contribution in [0.5, 0.6) is 0 Å². The van der Waals surface area contributed by atoms with Gasteiger partial charge < -0.3 is 5.32 Å². The van der Waals surface area contributed by atoms with Crippen LogP contribution in [0, 0.1) is 0 Å². The Kier molecular flexibility index (Phi) is 6.21. The van der Waals surface area contributed by atoms with Crippen molar-refractivity contribution in [3.05, 3.63) is 78.4 Å². The second-order valence-electron chi connectivity index (χ2n) is 6.60. The Balaban J connectivity index is 1.60. The van der Waals surface area contributed by atoms with Crippen LogP contribution in [0.25, 0.3) is 10.8 Å². The highest BCUT2D eigenvalue weighted by Crippen LogP contribution is 2.19. The molecule has 138 valence electrons. The summed E-state index contributed by atoms with van der Waals surface area (Å²) in [6.07, 6.45) is 1.53. The van der Waals surface area contributed by atoms with Crippen molar-refractivity contribution in [2.24, 2.45) is 5.10 Å². The SMILES string of the molecule is CC/C(Cc1ccccc1)=N/NC(=O)[C@H](C)Nc1ccc2ccccc2c1. The number of hydrazone groups is 1. The molecule has 3 aromatic carbocycles. The molecule has 4 heteroatoms. The minimum Gasteiger partial charge on any atom is -0.374 e. The molecule has 0 spiro atoms. The maximum absolute atomic E-state index is 12.4. The molecule has 3 aromatic rings. The third-order valence-corrected chi connectivity index (χ3v) is 4.51. The lowest BCUT2D eigenvalue weighted by atomic mass is 10.1. The van der Waals surface area contributed by atoms with E-state index in [4.69, 9.17) is 0 Å². The van der Waals surface area contributed by atoms with Gasteiger partial charge in [-0.15, -0.1) is 0 Å². The van der Waals surface area contributed by atoms with Gasteiger partial charge in [-0.25, -0.2) is 5.43 Å². The minimum absolute atomic E-state index is 0.151. The molecular weight excluding hydrogens is 334 g/mol. The minimum atomic E-state index is -0.384. The molecule has 0 unspecified atom stereocenters. The van der Waals surface area contributed by atoms with Crippen molar-refractivity contribution in [3.63, 3.8) is 0 Å². The molecule has 2 N–H and O–H groups in total. The van der Waals surface area contributed by atoms with Crippen LogP contribution in [0.3, 0.4) is 0 Å². The summed E-state index contributed by atoms with van der Waals surface area (Å²) in [5.74, 6) is -0.151. The standard InChI is InChI=1S/C23H25N3O/c1-3-21(15-18-9-5-4-6-10-18)25-26-23(27)17(2)24-22-14-13-19-11-7-8-12-20(19)16-22/h4-14,16-17,24H,3,15H2,1-2H3,(H,26,27)/b25-21-/t17-/m0/s1. The highest BCUT2D eigenvalue weighted by molar-refractivity contribution is 5.90. The second-order valence-corrected chi connectivity index (χ2v) is 6.60. The summed E-state index contributed by atoms with van der Waals surface area (Å²) in [6.45, 7) is 3.88. The van der Waals surface area contributed by atoms with E-state index < -0.39 is 0 Å². The Labute approximate surface area is 160 Å². The van der Waals surface area contributed by atoms with Gasteiger partial charge in [0, 0.05) is 17.8 Å². The number of hydrogen-bond acceptors (Lipinski definition) is 3. The zero-order valence-electron chi connectivity index (χ0n) is 15.8. The fourth-order valence-corrected chi connectivity index (χ4v) is 2.90. The average Bonchev–Trinajstić information content (AvgIpc) is 2.71. The fraction of sp³-hybridized carbons (Fsp3) is 0.217. The van der Waals surface area contributed by atoms with Crippen molar-refractivity contribution in [2.75, 3.05) is 5.32 Å². The van der Waals surface area contributed by atoms with Crippen LogP contribution in [0.1, 0.15) is 25.8 Å². The number of carbonyl (C=O) groups excluding carboxylic acids is 1. The topological polar surface area (TPSA) is 53.5 Å². The van der Waals surface area contributed by atoms with Crippen molar-refractivity contribution < 1.29 is 4.79 Å². The normalized spacial score (nSPS) is 12.6. The van der Waals surface area contributed by atoms with Crippen molar-refractivity contribution in [1.29, 1.82) is 0 Å². The number of benzene rings is 3. The first-order valence-electron chi connectivity index (χ1n) is 9.30. The molecule has 1 amide bonds. The summed E-state index contributed by atoms with van der Waals surface area (Å²) in [4.78, 5) is 12.4. The van der Waals surface area contributed by atoms with Crippen LogP contribution >= 0.6 is 0 Å². The monoisotopic (exact) mass is 359 g/mol. The molecule has 0 heterocycles. The zero-order valence-corrected chi connectivity index (χ0v) is 15.8. The summed E-state index contributed by atoms with van der Waals surface area (Å²) in [5, 5.41) is 9.89. The smallest absolute Gasteiger partial charge is 0.262 e. The van der Waals surface area contributed by atoms with Gasteiger partial charge >= 0.3 is 0 Å². The van der Waals surface area contributed by atoms with Gasteiger partial charge in [0.1, 0.15) is 6.04 Å². The molecular formula is C23H25N3O. The van der Waals surface area contributed by atoms with E-state index in [1.165, 1.54) is 10.9 Å². The largest absolute Gasteiger partial charge is 0.374 e. The summed E-state index contributed by atoms with van der Waals surface area (Å²) in [6, 6.07) is 24.0. The fourth-order valence-electron chi connectivity index (χ4n) is 2.90. The number of rotatable bonds is 7. The molecule has 4 nitrogen and oxygen atoms in total. The molecule has 0 radical (unpaired) electrons. The molecule has 0 aliphatic rings. The first-order chi connectivity index (χ1) is 13.2. The number of carbonyl (C=O) groups is 1. The van der Waals surface area contributed by atoms with Crippen LogP contribution < -0.4 is 10.7 Å². The lowest BCUT2D eigenvalue weighted by molar-refractivity contribution is -0.121. The van der Waals surface area contributed by atoms with Gasteiger partial charge in [-0.3, -0.25) is 4.79 Å². The van der Waals surface area contributed by atoms with E-state index in [0.717, 1.165) is 29.6 Å². The van der Waals surface area contributed by atoms with E-state index in [2.05, 4.69) is 52.2 Å². The number of amides is 1. The van der Waals surface area contributed by atoms with Gasteiger partial charge in [-0.1, -0.05) is 67.6 Å². The quantitative estimate of drug-likeness (QED) is 0.472. The van der Waals surface area contributed by atoms with Crippen molar-refractivity contribution in [2.45, 2.75) is 32.7 Å². The summed E-state index contributed by atoms with van der Waals surface area (Å²) < 4.78 is 0. The first kappa shape index (κ1) is 18.6. The van der Waals surface area contributed by atoms with Gasteiger partial charge in [-0.05, 0) is 41.8 Å². The highest BCUT2D eigenvalue weighted by atomic mass is 16.2. The van der Waals surface area contributed by atoms with E-state index in [1.807, 2.05) is 50.2 Å². The molecule has 0 bridgehead atoms. The number of nitrogens with zero attached hydrogens (tertiary/aromatic N) is 1. The number of anilines is 1. The molecule has 0 fully saturated rings. The van der Waals surface area contributed by atoms with Crippen molar-refractivity contribution in [1.82, 2.24) is 5.43 Å². The van der Waals surface area contributed by atoms with Crippen LogP contribution in [-0.4, -0.2) is 17.7 Å². The van der Waals surface area contributed by atoms with E-state index >= 15 is 0 Å². The van der Waals surface area contributed by atoms with Gasteiger partial charge in [-0.2, -0.15) is 5.10 Å². The van der Waals surface area contributed by atoms with Crippen molar-refractivity contribution >= 4 is 28.1 Å². The molecule has 0 aliphatic carbocycles. The molecule has 0 saturated carbocycles. The van der Waals surface area contributed by atoms with Gasteiger partial charge in [0.25, 0.3) is 5.91 Å². The Morgan fingerprint density at radius 2 is 1.67 bits per heavy atom. The Morgan fingerprint density at radius 1 is 0.963 bits per heavy atom.